The van der Waals surface area contributed by atoms with Crippen LogP contribution in [0, 0.1) is 10.7 Å². The molecule has 0 atom stereocenters. The molecule has 0 aromatic rings. The predicted octanol–water partition coefficient (Wildman–Crippen LogP) is 2.12. The molecule has 0 heterocycles. The van der Waals surface area contributed by atoms with Crippen LogP contribution < -0.4 is 0 Å². The Bertz CT molecular complexity index is 90.7. The van der Waals surface area contributed by atoms with Crippen molar-refractivity contribution in [2.24, 2.45) is 0 Å². The van der Waals surface area contributed by atoms with Crippen LogP contribution in [-0.2, 0) is 0 Å². The Morgan fingerprint density at radius 1 is 1.86 bits per heavy atom. The molecule has 0 aliphatic heterocycles. The van der Waals surface area contributed by atoms with Gasteiger partial charge in [0.2, 0.25) is 0 Å². The lowest BCUT2D eigenvalue weighted by Crippen LogP contribution is -1.46. The van der Waals surface area contributed by atoms with Gasteiger partial charge in [0.25, 0.3) is 0 Å². The number of thioether (sulfide) groups is 1. The Balaban J connectivity index is 2.97. The van der Waals surface area contributed by atoms with E-state index in [0.717, 1.165) is 18.2 Å². The maximum absolute atomic E-state index is 7.95. The van der Waals surface area contributed by atoms with Gasteiger partial charge in [-0.25, -0.2) is 0 Å². The summed E-state index contributed by atoms with van der Waals surface area (Å²) in [6, 6.07) is 0. The molecule has 0 aromatic heterocycles. The molecule has 1 nitrogen and oxygen atoms in total. The summed E-state index contributed by atoms with van der Waals surface area (Å²) in [6.07, 6.45) is 2.96. The Hall–Kier alpha value is -0.420. The molecule has 0 aliphatic rings. The number of thiocyanates is 1. The van der Waals surface area contributed by atoms with Crippen LogP contribution in [0.15, 0.2) is 11.5 Å². The molecule has 0 bridgehead atoms. The maximum Gasteiger partial charge on any atom is 0.137 e. The predicted molar refractivity (Wildman–Crippen MR) is 32.6 cm³/mol. The van der Waals surface area contributed by atoms with Gasteiger partial charge in [-0.05, 0) is 23.6 Å². The van der Waals surface area contributed by atoms with Crippen LogP contribution in [0.1, 0.15) is 13.3 Å². The zero-order valence-electron chi connectivity index (χ0n) is 4.22. The van der Waals surface area contributed by atoms with Crippen LogP contribution >= 0.6 is 11.8 Å². The summed E-state index contributed by atoms with van der Waals surface area (Å²) in [4.78, 5) is 0. The first-order chi connectivity index (χ1) is 3.41. The van der Waals surface area contributed by atoms with Crippen molar-refractivity contribution in [3.05, 3.63) is 11.5 Å². The summed E-state index contributed by atoms with van der Waals surface area (Å²) < 4.78 is 0. The molecule has 0 unspecified atom stereocenters. The van der Waals surface area contributed by atoms with Crippen LogP contribution in [-0.4, -0.2) is 0 Å². The van der Waals surface area contributed by atoms with Crippen LogP contribution in [0.5, 0.6) is 0 Å². The quantitative estimate of drug-likeness (QED) is 0.512. The first-order valence-corrected chi connectivity index (χ1v) is 2.99. The normalized spacial score (nSPS) is 9.14. The summed E-state index contributed by atoms with van der Waals surface area (Å²) in [5.74, 6) is 0. The van der Waals surface area contributed by atoms with Gasteiger partial charge in [0.1, 0.15) is 5.40 Å². The van der Waals surface area contributed by atoms with Gasteiger partial charge in [-0.1, -0.05) is 13.0 Å². The number of rotatable bonds is 2. The van der Waals surface area contributed by atoms with Gasteiger partial charge in [-0.2, -0.15) is 5.26 Å². The van der Waals surface area contributed by atoms with Crippen molar-refractivity contribution in [1.82, 2.24) is 0 Å². The molecule has 0 rings (SSSR count). The maximum atomic E-state index is 7.95. The molecule has 0 aliphatic carbocycles. The highest BCUT2D eigenvalue weighted by Gasteiger charge is 1.66. The highest BCUT2D eigenvalue weighted by molar-refractivity contribution is 8.06. The second-order valence-corrected chi connectivity index (χ2v) is 1.68. The van der Waals surface area contributed by atoms with E-state index in [1.54, 1.807) is 5.41 Å². The first-order valence-electron chi connectivity index (χ1n) is 2.11. The monoisotopic (exact) mass is 113 g/mol. The van der Waals surface area contributed by atoms with E-state index in [0.29, 0.717) is 0 Å². The van der Waals surface area contributed by atoms with Gasteiger partial charge in [0.15, 0.2) is 0 Å². The van der Waals surface area contributed by atoms with Gasteiger partial charge in [-0.15, -0.1) is 0 Å². The van der Waals surface area contributed by atoms with Gasteiger partial charge >= 0.3 is 0 Å². The van der Waals surface area contributed by atoms with Crippen LogP contribution in [0.2, 0.25) is 0 Å². The van der Waals surface area contributed by atoms with Crippen molar-refractivity contribution in [2.45, 2.75) is 13.3 Å². The number of nitriles is 1. The lowest BCUT2D eigenvalue weighted by Gasteiger charge is -1.70. The van der Waals surface area contributed by atoms with E-state index in [1.165, 1.54) is 0 Å². The molecular formula is C5H7NS. The van der Waals surface area contributed by atoms with Crippen molar-refractivity contribution in [3.63, 3.8) is 0 Å². The number of hydrogen-bond donors (Lipinski definition) is 0. The summed E-state index contributed by atoms with van der Waals surface area (Å²) in [6.45, 7) is 2.04. The van der Waals surface area contributed by atoms with Crippen LogP contribution in [0.25, 0.3) is 0 Å². The zero-order chi connectivity index (χ0) is 5.54. The Labute approximate surface area is 48.0 Å². The SMILES string of the molecule is CCC=CSC#N. The molecular weight excluding hydrogens is 106 g/mol. The molecule has 0 spiro atoms. The van der Waals surface area contributed by atoms with E-state index >= 15 is 0 Å². The molecule has 0 N–H and O–H groups in total. The third-order valence-electron chi connectivity index (χ3n) is 0.453. The summed E-state index contributed by atoms with van der Waals surface area (Å²) in [7, 11) is 0. The summed E-state index contributed by atoms with van der Waals surface area (Å²) >= 11 is 1.16. The highest BCUT2D eigenvalue weighted by Crippen LogP contribution is 1.97. The zero-order valence-corrected chi connectivity index (χ0v) is 5.03. The molecule has 0 saturated carbocycles. The average Bonchev–Trinajstić information content (AvgIpc) is 1.69. The second-order valence-electron chi connectivity index (χ2n) is 0.989. The minimum atomic E-state index is 1.01. The second kappa shape index (κ2) is 5.58. The third kappa shape index (κ3) is 5.58. The van der Waals surface area contributed by atoms with Crippen molar-refractivity contribution in [1.29, 1.82) is 5.26 Å². The van der Waals surface area contributed by atoms with Gasteiger partial charge in [0, 0.05) is 0 Å². The van der Waals surface area contributed by atoms with E-state index in [-0.39, 0.29) is 0 Å². The van der Waals surface area contributed by atoms with E-state index in [1.807, 2.05) is 18.4 Å². The van der Waals surface area contributed by atoms with E-state index in [4.69, 9.17) is 5.26 Å². The van der Waals surface area contributed by atoms with Crippen molar-refractivity contribution < 1.29 is 0 Å². The fourth-order valence-corrected chi connectivity index (χ4v) is 0.524. The molecule has 7 heavy (non-hydrogen) atoms. The fourth-order valence-electron chi connectivity index (χ4n) is 0.175. The molecule has 2 heteroatoms. The Morgan fingerprint density at radius 2 is 2.57 bits per heavy atom. The van der Waals surface area contributed by atoms with E-state index in [2.05, 4.69) is 0 Å². The van der Waals surface area contributed by atoms with Crippen LogP contribution in [0.4, 0.5) is 0 Å². The van der Waals surface area contributed by atoms with Crippen molar-refractivity contribution in [2.75, 3.05) is 0 Å². The third-order valence-corrected chi connectivity index (χ3v) is 0.887. The summed E-state index contributed by atoms with van der Waals surface area (Å²) in [5.41, 5.74) is 0. The molecule has 0 amide bonds. The van der Waals surface area contributed by atoms with Crippen LogP contribution in [0.3, 0.4) is 0 Å². The first kappa shape index (κ1) is 6.58. The van der Waals surface area contributed by atoms with E-state index < -0.39 is 0 Å². The van der Waals surface area contributed by atoms with Gasteiger partial charge in [0.05, 0.1) is 0 Å². The average molecular weight is 113 g/mol. The number of allylic oxidation sites excluding steroid dienone is 1. The lowest BCUT2D eigenvalue weighted by atomic mass is 10.5. The Kier molecular flexibility index (Phi) is 5.25. The van der Waals surface area contributed by atoms with Crippen molar-refractivity contribution in [3.8, 4) is 5.40 Å². The van der Waals surface area contributed by atoms with E-state index in [9.17, 15) is 0 Å². The highest BCUT2D eigenvalue weighted by atomic mass is 32.2. The van der Waals surface area contributed by atoms with Crippen molar-refractivity contribution >= 4 is 11.8 Å². The van der Waals surface area contributed by atoms with Gasteiger partial charge in [-0.3, -0.25) is 0 Å². The lowest BCUT2D eigenvalue weighted by molar-refractivity contribution is 1.23. The fraction of sp³-hybridized carbons (Fsp3) is 0.400. The minimum Gasteiger partial charge on any atom is -0.185 e. The van der Waals surface area contributed by atoms with Gasteiger partial charge < -0.3 is 0 Å². The standard InChI is InChI=1S/C5H7NS/c1-2-3-4-7-5-6/h3-4H,2H2,1H3. The molecule has 0 fully saturated rings. The largest absolute Gasteiger partial charge is 0.185 e. The Morgan fingerprint density at radius 3 is 3.00 bits per heavy atom. The number of hydrogen-bond acceptors (Lipinski definition) is 2. The molecule has 0 saturated heterocycles. The topological polar surface area (TPSA) is 23.8 Å². The molecule has 0 radical (unpaired) electrons. The minimum absolute atomic E-state index is 1.01. The smallest absolute Gasteiger partial charge is 0.137 e. The molecule has 0 aromatic carbocycles. The number of nitrogens with zero attached hydrogens (tertiary/aromatic N) is 1. The molecule has 38 valence electrons. The summed E-state index contributed by atoms with van der Waals surface area (Å²) in [5, 5.41) is 11.7.